The smallest absolute Gasteiger partial charge is 0.301 e. The van der Waals surface area contributed by atoms with Gasteiger partial charge < -0.3 is 9.52 Å². The molecule has 0 bridgehead atoms. The van der Waals surface area contributed by atoms with Gasteiger partial charge in [0.05, 0.1) is 12.3 Å². The summed E-state index contributed by atoms with van der Waals surface area (Å²) in [4.78, 5) is 16.0. The van der Waals surface area contributed by atoms with E-state index in [9.17, 15) is 4.79 Å². The molecule has 0 fully saturated rings. The number of nitrogens with zero attached hydrogens (tertiary/aromatic N) is 1. The van der Waals surface area contributed by atoms with Crippen LogP contribution in [0.15, 0.2) is 34.9 Å². The highest BCUT2D eigenvalue weighted by Gasteiger charge is 2.09. The zero-order valence-electron chi connectivity index (χ0n) is 11.0. The molecule has 1 amide bonds. The Hall–Kier alpha value is -2.58. The van der Waals surface area contributed by atoms with Crippen LogP contribution in [0.1, 0.15) is 28.0 Å². The van der Waals surface area contributed by atoms with Gasteiger partial charge >= 0.3 is 6.01 Å². The summed E-state index contributed by atoms with van der Waals surface area (Å²) in [6.07, 6.45) is 1.87. The third-order valence-corrected chi connectivity index (χ3v) is 2.43. The number of rotatable bonds is 3. The molecule has 0 unspecified atom stereocenters. The predicted octanol–water partition coefficient (Wildman–Crippen LogP) is 1.97. The lowest BCUT2D eigenvalue weighted by atomic mass is 10.1. The molecule has 20 heavy (non-hydrogen) atoms. The zero-order chi connectivity index (χ0) is 14.4. The van der Waals surface area contributed by atoms with E-state index in [2.05, 4.69) is 22.1 Å². The number of hydrogen-bond donors (Lipinski definition) is 2. The topological polar surface area (TPSA) is 75.4 Å². The van der Waals surface area contributed by atoms with Crippen LogP contribution in [0.4, 0.5) is 6.01 Å². The average molecular weight is 270 g/mol. The maximum absolute atomic E-state index is 12.0. The highest BCUT2D eigenvalue weighted by Crippen LogP contribution is 2.10. The largest absolute Gasteiger partial charge is 0.432 e. The van der Waals surface area contributed by atoms with Gasteiger partial charge in [0.1, 0.15) is 6.26 Å². The Balaban J connectivity index is 2.10. The van der Waals surface area contributed by atoms with Crippen LogP contribution in [-0.4, -0.2) is 22.6 Å². The van der Waals surface area contributed by atoms with E-state index in [4.69, 9.17) is 9.52 Å². The molecule has 5 nitrogen and oxygen atoms in total. The third-order valence-electron chi connectivity index (χ3n) is 2.43. The first kappa shape index (κ1) is 13.8. The minimum Gasteiger partial charge on any atom is -0.432 e. The Morgan fingerprint density at radius 1 is 1.50 bits per heavy atom. The van der Waals surface area contributed by atoms with Crippen LogP contribution >= 0.6 is 0 Å². The minimum absolute atomic E-state index is 0.0245. The second kappa shape index (κ2) is 6.55. The Kier molecular flexibility index (Phi) is 4.53. The van der Waals surface area contributed by atoms with Crippen LogP contribution in [0, 0.1) is 18.8 Å². The van der Waals surface area contributed by atoms with Crippen LogP contribution in [0.3, 0.4) is 0 Å². The van der Waals surface area contributed by atoms with Crippen LogP contribution in [0.2, 0.25) is 0 Å². The molecule has 0 spiro atoms. The molecule has 0 saturated heterocycles. The van der Waals surface area contributed by atoms with E-state index >= 15 is 0 Å². The number of aryl methyl sites for hydroxylation is 1. The molecule has 0 saturated carbocycles. The van der Waals surface area contributed by atoms with Gasteiger partial charge in [0, 0.05) is 17.5 Å². The maximum atomic E-state index is 12.0. The number of carbonyl (C=O) groups excluding carboxylic acids is 1. The number of amides is 1. The van der Waals surface area contributed by atoms with Crippen LogP contribution in [-0.2, 0) is 0 Å². The summed E-state index contributed by atoms with van der Waals surface area (Å²) < 4.78 is 5.07. The summed E-state index contributed by atoms with van der Waals surface area (Å²) in [5.74, 6) is 5.38. The zero-order valence-corrected chi connectivity index (χ0v) is 11.0. The monoisotopic (exact) mass is 270 g/mol. The maximum Gasteiger partial charge on any atom is 0.301 e. The molecule has 0 aliphatic rings. The first-order chi connectivity index (χ1) is 9.69. The molecule has 0 aliphatic carbocycles. The molecule has 0 aliphatic heterocycles. The fraction of sp³-hybridized carbons (Fsp3) is 0.200. The normalized spacial score (nSPS) is 9.70. The number of aliphatic hydroxyl groups excluding tert-OH is 1. The molecule has 2 N–H and O–H groups in total. The highest BCUT2D eigenvalue weighted by atomic mass is 16.4. The molecule has 0 radical (unpaired) electrons. The second-order valence-electron chi connectivity index (χ2n) is 4.10. The van der Waals surface area contributed by atoms with Crippen molar-refractivity contribution in [2.45, 2.75) is 13.3 Å². The number of benzene rings is 1. The van der Waals surface area contributed by atoms with Gasteiger partial charge in [-0.3, -0.25) is 10.1 Å². The van der Waals surface area contributed by atoms with Gasteiger partial charge in [-0.25, -0.2) is 0 Å². The molecular formula is C15H14N2O3. The first-order valence-corrected chi connectivity index (χ1v) is 6.12. The Morgan fingerprint density at radius 3 is 3.05 bits per heavy atom. The lowest BCUT2D eigenvalue weighted by Gasteiger charge is -2.01. The highest BCUT2D eigenvalue weighted by molar-refractivity contribution is 6.03. The van der Waals surface area contributed by atoms with Crippen molar-refractivity contribution < 1.29 is 14.3 Å². The van der Waals surface area contributed by atoms with E-state index in [1.54, 1.807) is 31.2 Å². The van der Waals surface area contributed by atoms with E-state index < -0.39 is 0 Å². The molecule has 102 valence electrons. The van der Waals surface area contributed by atoms with E-state index in [0.717, 1.165) is 5.56 Å². The van der Waals surface area contributed by atoms with Gasteiger partial charge in [0.2, 0.25) is 0 Å². The summed E-state index contributed by atoms with van der Waals surface area (Å²) in [5.41, 5.74) is 1.88. The molecular weight excluding hydrogens is 256 g/mol. The summed E-state index contributed by atoms with van der Waals surface area (Å²) in [5, 5.41) is 11.2. The summed E-state index contributed by atoms with van der Waals surface area (Å²) in [6.45, 7) is 1.80. The van der Waals surface area contributed by atoms with Crippen molar-refractivity contribution in [1.82, 2.24) is 4.98 Å². The lowest BCUT2D eigenvalue weighted by Crippen LogP contribution is -2.12. The molecule has 2 aromatic rings. The minimum atomic E-state index is -0.308. The molecule has 1 aromatic heterocycles. The van der Waals surface area contributed by atoms with E-state index in [1.807, 2.05) is 0 Å². The summed E-state index contributed by atoms with van der Waals surface area (Å²) in [7, 11) is 0. The molecule has 1 aromatic carbocycles. The Bertz CT molecular complexity index is 665. The quantitative estimate of drug-likeness (QED) is 0.836. The number of hydrogen-bond acceptors (Lipinski definition) is 4. The Labute approximate surface area is 116 Å². The molecule has 5 heteroatoms. The van der Waals surface area contributed by atoms with Crippen molar-refractivity contribution in [3.05, 3.63) is 47.3 Å². The fourth-order valence-corrected chi connectivity index (χ4v) is 1.54. The SMILES string of the molecule is Cc1coc(NC(=O)c2cccc(C#CCCO)c2)n1. The van der Waals surface area contributed by atoms with Gasteiger partial charge in [0.25, 0.3) is 5.91 Å². The molecule has 0 atom stereocenters. The Morgan fingerprint density at radius 2 is 2.35 bits per heavy atom. The molecule has 2 rings (SSSR count). The van der Waals surface area contributed by atoms with Gasteiger partial charge in [-0.1, -0.05) is 17.9 Å². The van der Waals surface area contributed by atoms with Gasteiger partial charge in [-0.15, -0.1) is 0 Å². The van der Waals surface area contributed by atoms with Crippen LogP contribution in [0.25, 0.3) is 0 Å². The summed E-state index contributed by atoms with van der Waals surface area (Å²) >= 11 is 0. The van der Waals surface area contributed by atoms with Crippen molar-refractivity contribution in [3.8, 4) is 11.8 Å². The first-order valence-electron chi connectivity index (χ1n) is 6.12. The third kappa shape index (κ3) is 3.70. The van der Waals surface area contributed by atoms with Crippen LogP contribution in [0.5, 0.6) is 0 Å². The van der Waals surface area contributed by atoms with E-state index in [1.165, 1.54) is 6.26 Å². The van der Waals surface area contributed by atoms with Crippen molar-refractivity contribution in [2.75, 3.05) is 11.9 Å². The van der Waals surface area contributed by atoms with Crippen molar-refractivity contribution in [1.29, 1.82) is 0 Å². The number of aromatic nitrogens is 1. The summed E-state index contributed by atoms with van der Waals surface area (Å²) in [6, 6.07) is 7.08. The average Bonchev–Trinajstić information content (AvgIpc) is 2.85. The van der Waals surface area contributed by atoms with Crippen LogP contribution < -0.4 is 5.32 Å². The fourth-order valence-electron chi connectivity index (χ4n) is 1.54. The van der Waals surface area contributed by atoms with E-state index in [-0.39, 0.29) is 18.5 Å². The van der Waals surface area contributed by atoms with Gasteiger partial charge in [-0.2, -0.15) is 4.98 Å². The lowest BCUT2D eigenvalue weighted by molar-refractivity contribution is 0.102. The number of aliphatic hydroxyl groups is 1. The van der Waals surface area contributed by atoms with E-state index in [0.29, 0.717) is 17.7 Å². The second-order valence-corrected chi connectivity index (χ2v) is 4.10. The van der Waals surface area contributed by atoms with Crippen molar-refractivity contribution in [2.24, 2.45) is 0 Å². The predicted molar refractivity (Wildman–Crippen MR) is 74.2 cm³/mol. The number of oxazole rings is 1. The number of anilines is 1. The van der Waals surface area contributed by atoms with Gasteiger partial charge in [-0.05, 0) is 25.1 Å². The van der Waals surface area contributed by atoms with Crippen molar-refractivity contribution >= 4 is 11.9 Å². The number of nitrogens with one attached hydrogen (secondary N) is 1. The standard InChI is InChI=1S/C15H14N2O3/c1-11-10-20-15(16-11)17-14(19)13-7-4-6-12(9-13)5-2-3-8-18/h4,6-7,9-10,18H,3,8H2,1H3,(H,16,17,19). The molecule has 1 heterocycles. The van der Waals surface area contributed by atoms with Crippen molar-refractivity contribution in [3.63, 3.8) is 0 Å². The number of carbonyl (C=O) groups is 1. The van der Waals surface area contributed by atoms with Gasteiger partial charge in [0.15, 0.2) is 0 Å².